The maximum absolute atomic E-state index is 11.5. The van der Waals surface area contributed by atoms with E-state index in [1.165, 1.54) is 18.2 Å². The number of fused-ring (bicyclic) bond motifs is 1. The van der Waals surface area contributed by atoms with E-state index in [9.17, 15) is 4.79 Å². The summed E-state index contributed by atoms with van der Waals surface area (Å²) in [5.41, 5.74) is 4.37. The van der Waals surface area contributed by atoms with Crippen molar-refractivity contribution < 1.29 is 9.53 Å². The molecule has 0 aliphatic carbocycles. The molecule has 1 aromatic carbocycles. The summed E-state index contributed by atoms with van der Waals surface area (Å²) in [6.07, 6.45) is 0.992. The Kier molecular flexibility index (Phi) is 2.73. The number of aryl methyl sites for hydroxylation is 1. The molecule has 15 heavy (non-hydrogen) atoms. The number of methoxy groups -OCH3 is 1. The zero-order valence-corrected chi connectivity index (χ0v) is 9.09. The van der Waals surface area contributed by atoms with Gasteiger partial charge in [-0.2, -0.15) is 0 Å². The molecular formula is C12H15NO2. The fourth-order valence-corrected chi connectivity index (χ4v) is 2.09. The van der Waals surface area contributed by atoms with Crippen molar-refractivity contribution in [3.63, 3.8) is 0 Å². The van der Waals surface area contributed by atoms with Gasteiger partial charge >= 0.3 is 5.97 Å². The van der Waals surface area contributed by atoms with Crippen molar-refractivity contribution in [1.29, 1.82) is 0 Å². The van der Waals surface area contributed by atoms with E-state index in [0.29, 0.717) is 5.56 Å². The van der Waals surface area contributed by atoms with Crippen molar-refractivity contribution in [2.75, 3.05) is 13.7 Å². The standard InChI is InChI=1S/C12H15NO2/c1-8-3-4-10(12(14)15-2)11-7-13-6-5-9(8)11/h3-4,13H,5-7H2,1-2H3. The minimum atomic E-state index is -0.241. The lowest BCUT2D eigenvalue weighted by Crippen LogP contribution is -2.26. The molecule has 0 bridgehead atoms. The SMILES string of the molecule is COC(=O)c1ccc(C)c2c1CNCC2. The van der Waals surface area contributed by atoms with Gasteiger partial charge in [0.25, 0.3) is 0 Å². The van der Waals surface area contributed by atoms with Crippen LogP contribution in [0.1, 0.15) is 27.0 Å². The molecule has 80 valence electrons. The van der Waals surface area contributed by atoms with Crippen LogP contribution in [0, 0.1) is 6.92 Å². The van der Waals surface area contributed by atoms with Crippen molar-refractivity contribution in [3.8, 4) is 0 Å². The van der Waals surface area contributed by atoms with Crippen molar-refractivity contribution >= 4 is 5.97 Å². The molecule has 0 amide bonds. The summed E-state index contributed by atoms with van der Waals surface area (Å²) in [7, 11) is 1.42. The lowest BCUT2D eigenvalue weighted by molar-refractivity contribution is 0.0599. The van der Waals surface area contributed by atoms with Gasteiger partial charge in [-0.15, -0.1) is 0 Å². The summed E-state index contributed by atoms with van der Waals surface area (Å²) in [6, 6.07) is 3.85. The maximum Gasteiger partial charge on any atom is 0.338 e. The molecule has 1 aliphatic rings. The first kappa shape index (κ1) is 10.2. The van der Waals surface area contributed by atoms with Crippen molar-refractivity contribution in [1.82, 2.24) is 5.32 Å². The Balaban J connectivity index is 2.52. The number of carbonyl (C=O) groups is 1. The van der Waals surface area contributed by atoms with Gasteiger partial charge in [-0.25, -0.2) is 4.79 Å². The minimum absolute atomic E-state index is 0.241. The van der Waals surface area contributed by atoms with Crippen LogP contribution in [0.15, 0.2) is 12.1 Å². The number of nitrogens with one attached hydrogen (secondary N) is 1. The molecule has 0 saturated heterocycles. The van der Waals surface area contributed by atoms with Crippen LogP contribution in [0.3, 0.4) is 0 Å². The highest BCUT2D eigenvalue weighted by Gasteiger charge is 2.19. The van der Waals surface area contributed by atoms with E-state index in [2.05, 4.69) is 12.2 Å². The summed E-state index contributed by atoms with van der Waals surface area (Å²) < 4.78 is 4.78. The first-order valence-electron chi connectivity index (χ1n) is 5.14. The number of hydrogen-bond acceptors (Lipinski definition) is 3. The molecule has 0 unspecified atom stereocenters. The average molecular weight is 205 g/mol. The van der Waals surface area contributed by atoms with Gasteiger partial charge in [0.05, 0.1) is 12.7 Å². The molecule has 3 nitrogen and oxygen atoms in total. The van der Waals surface area contributed by atoms with E-state index >= 15 is 0 Å². The van der Waals surface area contributed by atoms with Crippen molar-refractivity contribution in [2.24, 2.45) is 0 Å². The molecule has 2 rings (SSSR count). The third-order valence-electron chi connectivity index (χ3n) is 2.92. The average Bonchev–Trinajstić information content (AvgIpc) is 2.29. The van der Waals surface area contributed by atoms with Crippen molar-refractivity contribution in [3.05, 3.63) is 34.4 Å². The molecular weight excluding hydrogens is 190 g/mol. The van der Waals surface area contributed by atoms with E-state index in [1.807, 2.05) is 12.1 Å². The van der Waals surface area contributed by atoms with E-state index in [-0.39, 0.29) is 5.97 Å². The first-order valence-corrected chi connectivity index (χ1v) is 5.14. The fourth-order valence-electron chi connectivity index (χ4n) is 2.09. The smallest absolute Gasteiger partial charge is 0.338 e. The number of rotatable bonds is 1. The summed E-state index contributed by atoms with van der Waals surface area (Å²) in [4.78, 5) is 11.5. The van der Waals surface area contributed by atoms with E-state index in [0.717, 1.165) is 25.1 Å². The predicted molar refractivity (Wildman–Crippen MR) is 57.9 cm³/mol. The Hall–Kier alpha value is -1.35. The zero-order valence-electron chi connectivity index (χ0n) is 9.09. The summed E-state index contributed by atoms with van der Waals surface area (Å²) in [5.74, 6) is -0.241. The summed E-state index contributed by atoms with van der Waals surface area (Å²) in [6.45, 7) is 3.84. The number of ether oxygens (including phenoxy) is 1. The van der Waals surface area contributed by atoms with Gasteiger partial charge in [-0.05, 0) is 42.6 Å². The molecule has 1 aromatic rings. The summed E-state index contributed by atoms with van der Waals surface area (Å²) >= 11 is 0. The van der Waals surface area contributed by atoms with Gasteiger partial charge < -0.3 is 10.1 Å². The van der Waals surface area contributed by atoms with Gasteiger partial charge in [0.2, 0.25) is 0 Å². The normalized spacial score (nSPS) is 14.5. The molecule has 0 saturated carbocycles. The molecule has 0 atom stereocenters. The second-order valence-corrected chi connectivity index (χ2v) is 3.81. The Morgan fingerprint density at radius 2 is 2.20 bits per heavy atom. The highest BCUT2D eigenvalue weighted by molar-refractivity contribution is 5.91. The Labute approximate surface area is 89.4 Å². The lowest BCUT2D eigenvalue weighted by atomic mass is 9.92. The molecule has 0 fully saturated rings. The quantitative estimate of drug-likeness (QED) is 0.705. The molecule has 0 aromatic heterocycles. The number of hydrogen-bond donors (Lipinski definition) is 1. The van der Waals surface area contributed by atoms with Crippen molar-refractivity contribution in [2.45, 2.75) is 19.9 Å². The molecule has 0 radical (unpaired) electrons. The van der Waals surface area contributed by atoms with Crippen LogP contribution in [-0.2, 0) is 17.7 Å². The van der Waals surface area contributed by atoms with Gasteiger partial charge in [0.1, 0.15) is 0 Å². The molecule has 0 spiro atoms. The van der Waals surface area contributed by atoms with Gasteiger partial charge in [-0.3, -0.25) is 0 Å². The predicted octanol–water partition coefficient (Wildman–Crippen LogP) is 1.43. The number of carbonyl (C=O) groups excluding carboxylic acids is 1. The highest BCUT2D eigenvalue weighted by Crippen LogP contribution is 2.22. The fraction of sp³-hybridized carbons (Fsp3) is 0.417. The number of benzene rings is 1. The van der Waals surface area contributed by atoms with Crippen LogP contribution < -0.4 is 5.32 Å². The van der Waals surface area contributed by atoms with Crippen LogP contribution >= 0.6 is 0 Å². The summed E-state index contributed by atoms with van der Waals surface area (Å²) in [5, 5.41) is 3.28. The number of esters is 1. The monoisotopic (exact) mass is 205 g/mol. The Morgan fingerprint density at radius 1 is 1.40 bits per heavy atom. The van der Waals surface area contributed by atoms with E-state index in [4.69, 9.17) is 4.74 Å². The van der Waals surface area contributed by atoms with E-state index < -0.39 is 0 Å². The van der Waals surface area contributed by atoms with Gasteiger partial charge in [0.15, 0.2) is 0 Å². The second kappa shape index (κ2) is 4.03. The molecule has 1 N–H and O–H groups in total. The largest absolute Gasteiger partial charge is 0.465 e. The first-order chi connectivity index (χ1) is 7.24. The molecule has 3 heteroatoms. The highest BCUT2D eigenvalue weighted by atomic mass is 16.5. The third kappa shape index (κ3) is 1.75. The third-order valence-corrected chi connectivity index (χ3v) is 2.92. The Bertz CT molecular complexity index is 399. The van der Waals surface area contributed by atoms with Gasteiger partial charge in [-0.1, -0.05) is 6.07 Å². The maximum atomic E-state index is 11.5. The van der Waals surface area contributed by atoms with Crippen LogP contribution in [0.25, 0.3) is 0 Å². The minimum Gasteiger partial charge on any atom is -0.465 e. The second-order valence-electron chi connectivity index (χ2n) is 3.81. The van der Waals surface area contributed by atoms with E-state index in [1.54, 1.807) is 0 Å². The zero-order chi connectivity index (χ0) is 10.8. The molecule has 1 aliphatic heterocycles. The van der Waals surface area contributed by atoms with Gasteiger partial charge in [0, 0.05) is 6.54 Å². The Morgan fingerprint density at radius 3 is 2.93 bits per heavy atom. The van der Waals surface area contributed by atoms with Crippen LogP contribution in [0.5, 0.6) is 0 Å². The van der Waals surface area contributed by atoms with Crippen LogP contribution in [0.2, 0.25) is 0 Å². The van der Waals surface area contributed by atoms with Crippen LogP contribution in [0.4, 0.5) is 0 Å². The topological polar surface area (TPSA) is 38.3 Å². The molecule has 1 heterocycles. The lowest BCUT2D eigenvalue weighted by Gasteiger charge is -2.21. The van der Waals surface area contributed by atoms with Crippen LogP contribution in [-0.4, -0.2) is 19.6 Å².